The molecule has 2 rings (SSSR count). The highest BCUT2D eigenvalue weighted by atomic mass is 16.6. The minimum Gasteiger partial charge on any atom is -0.444 e. The van der Waals surface area contributed by atoms with Gasteiger partial charge in [-0.3, -0.25) is 0 Å². The lowest BCUT2D eigenvalue weighted by Crippen LogP contribution is -2.46. The molecule has 3 N–H and O–H groups in total. The van der Waals surface area contributed by atoms with E-state index in [0.717, 1.165) is 5.56 Å². The van der Waals surface area contributed by atoms with E-state index in [4.69, 9.17) is 4.74 Å². The number of ether oxygens (including phenoxy) is 1. The molecule has 0 spiro atoms. The molecule has 5 heteroatoms. The molecule has 0 radical (unpaired) electrons. The Bertz CT molecular complexity index is 485. The number of alkyl carbamates (subject to hydrolysis) is 1. The molecule has 116 valence electrons. The lowest BCUT2D eigenvalue weighted by Gasteiger charge is -2.32. The van der Waals surface area contributed by atoms with Crippen LogP contribution in [0.2, 0.25) is 0 Å². The average Bonchev–Trinajstić information content (AvgIpc) is 2.64. The van der Waals surface area contributed by atoms with Crippen LogP contribution in [0.25, 0.3) is 0 Å². The Morgan fingerprint density at radius 1 is 1.19 bits per heavy atom. The highest BCUT2D eigenvalue weighted by Gasteiger charge is 2.47. The van der Waals surface area contributed by atoms with Gasteiger partial charge in [0, 0.05) is 12.8 Å². The van der Waals surface area contributed by atoms with Gasteiger partial charge in [0.15, 0.2) is 0 Å². The van der Waals surface area contributed by atoms with Crippen molar-refractivity contribution in [3.8, 4) is 0 Å². The number of carbonyl (C=O) groups is 1. The van der Waals surface area contributed by atoms with Gasteiger partial charge < -0.3 is 20.3 Å². The molecule has 0 bridgehead atoms. The van der Waals surface area contributed by atoms with Crippen LogP contribution in [0.4, 0.5) is 4.79 Å². The lowest BCUT2D eigenvalue weighted by atomic mass is 9.88. The van der Waals surface area contributed by atoms with Crippen molar-refractivity contribution < 1.29 is 19.7 Å². The van der Waals surface area contributed by atoms with Crippen molar-refractivity contribution in [2.45, 2.75) is 57.0 Å². The number of hydrogen-bond acceptors (Lipinski definition) is 4. The first-order chi connectivity index (χ1) is 9.72. The lowest BCUT2D eigenvalue weighted by molar-refractivity contribution is 0.0438. The van der Waals surface area contributed by atoms with E-state index in [1.165, 1.54) is 0 Å². The largest absolute Gasteiger partial charge is 0.444 e. The van der Waals surface area contributed by atoms with Crippen LogP contribution < -0.4 is 5.32 Å². The molecular weight excluding hydrogens is 270 g/mol. The van der Waals surface area contributed by atoms with Crippen molar-refractivity contribution in [3.63, 3.8) is 0 Å². The second-order valence-corrected chi connectivity index (χ2v) is 6.62. The summed E-state index contributed by atoms with van der Waals surface area (Å²) >= 11 is 0. The Morgan fingerprint density at radius 3 is 2.19 bits per heavy atom. The fourth-order valence-corrected chi connectivity index (χ4v) is 2.74. The second kappa shape index (κ2) is 5.66. The standard InChI is InChI=1S/C16H23NO4/c1-15(2,3)21-14(20)17-16(9-12(18)13(19)10-16)11-7-5-4-6-8-11/h4-8,12-13,18-19H,9-10H2,1-3H3,(H,17,20)/t12-,13+,16+. The van der Waals surface area contributed by atoms with E-state index in [2.05, 4.69) is 5.32 Å². The molecule has 5 nitrogen and oxygen atoms in total. The van der Waals surface area contributed by atoms with Gasteiger partial charge in [0.05, 0.1) is 17.7 Å². The summed E-state index contributed by atoms with van der Waals surface area (Å²) in [6, 6.07) is 9.37. The monoisotopic (exact) mass is 293 g/mol. The molecule has 1 aromatic rings. The molecule has 21 heavy (non-hydrogen) atoms. The molecular formula is C16H23NO4. The zero-order chi connectivity index (χ0) is 15.7. The number of hydrogen-bond donors (Lipinski definition) is 3. The Kier molecular flexibility index (Phi) is 4.25. The molecule has 0 aromatic heterocycles. The normalized spacial score (nSPS) is 29.2. The fraction of sp³-hybridized carbons (Fsp3) is 0.562. The van der Waals surface area contributed by atoms with Gasteiger partial charge in [-0.2, -0.15) is 0 Å². The molecule has 1 aliphatic rings. The maximum atomic E-state index is 12.1. The molecule has 1 aliphatic carbocycles. The van der Waals surface area contributed by atoms with Gasteiger partial charge in [0.25, 0.3) is 0 Å². The number of benzene rings is 1. The third-order valence-corrected chi connectivity index (χ3v) is 3.63. The topological polar surface area (TPSA) is 78.8 Å². The molecule has 0 unspecified atom stereocenters. The van der Waals surface area contributed by atoms with Crippen LogP contribution in [0.1, 0.15) is 39.2 Å². The maximum absolute atomic E-state index is 12.1. The fourth-order valence-electron chi connectivity index (χ4n) is 2.74. The van der Waals surface area contributed by atoms with Crippen molar-refractivity contribution in [2.75, 3.05) is 0 Å². The van der Waals surface area contributed by atoms with Crippen LogP contribution in [-0.4, -0.2) is 34.1 Å². The van der Waals surface area contributed by atoms with Crippen LogP contribution in [0.15, 0.2) is 30.3 Å². The van der Waals surface area contributed by atoms with Crippen LogP contribution in [0, 0.1) is 0 Å². The Balaban J connectivity index is 2.24. The second-order valence-electron chi connectivity index (χ2n) is 6.62. The quantitative estimate of drug-likeness (QED) is 0.778. The van der Waals surface area contributed by atoms with E-state index in [9.17, 15) is 15.0 Å². The van der Waals surface area contributed by atoms with E-state index in [-0.39, 0.29) is 12.8 Å². The zero-order valence-corrected chi connectivity index (χ0v) is 12.7. The van der Waals surface area contributed by atoms with E-state index >= 15 is 0 Å². The van der Waals surface area contributed by atoms with Gasteiger partial charge in [-0.1, -0.05) is 30.3 Å². The number of aliphatic hydroxyl groups is 2. The van der Waals surface area contributed by atoms with Crippen LogP contribution in [-0.2, 0) is 10.3 Å². The summed E-state index contributed by atoms with van der Waals surface area (Å²) in [5.41, 5.74) is -0.549. The van der Waals surface area contributed by atoms with Crippen LogP contribution in [0.5, 0.6) is 0 Å². The number of rotatable bonds is 2. The van der Waals surface area contributed by atoms with Crippen molar-refractivity contribution in [2.24, 2.45) is 0 Å². The molecule has 3 atom stereocenters. The third-order valence-electron chi connectivity index (χ3n) is 3.63. The summed E-state index contributed by atoms with van der Waals surface area (Å²) in [4.78, 5) is 12.1. The van der Waals surface area contributed by atoms with Crippen molar-refractivity contribution in [1.29, 1.82) is 0 Å². The molecule has 0 aliphatic heterocycles. The molecule has 1 amide bonds. The Hall–Kier alpha value is -1.59. The number of aliphatic hydroxyl groups excluding tert-OH is 2. The summed E-state index contributed by atoms with van der Waals surface area (Å²) in [5, 5.41) is 22.6. The van der Waals surface area contributed by atoms with Crippen LogP contribution in [0.3, 0.4) is 0 Å². The van der Waals surface area contributed by atoms with Gasteiger partial charge in [0.2, 0.25) is 0 Å². The number of amides is 1. The third kappa shape index (κ3) is 3.74. The molecule has 0 heterocycles. The van der Waals surface area contributed by atoms with Gasteiger partial charge in [-0.05, 0) is 26.3 Å². The first kappa shape index (κ1) is 15.8. The van der Waals surface area contributed by atoms with Gasteiger partial charge in [0.1, 0.15) is 5.60 Å². The molecule has 1 aromatic carbocycles. The van der Waals surface area contributed by atoms with Crippen molar-refractivity contribution in [1.82, 2.24) is 5.32 Å². The van der Waals surface area contributed by atoms with Crippen molar-refractivity contribution in [3.05, 3.63) is 35.9 Å². The highest BCUT2D eigenvalue weighted by Crippen LogP contribution is 2.39. The van der Waals surface area contributed by atoms with E-state index in [1.54, 1.807) is 20.8 Å². The zero-order valence-electron chi connectivity index (χ0n) is 12.7. The molecule has 1 saturated carbocycles. The van der Waals surface area contributed by atoms with Gasteiger partial charge in [-0.25, -0.2) is 4.79 Å². The maximum Gasteiger partial charge on any atom is 0.408 e. The predicted molar refractivity (Wildman–Crippen MR) is 78.7 cm³/mol. The van der Waals surface area contributed by atoms with Gasteiger partial charge in [-0.15, -0.1) is 0 Å². The predicted octanol–water partition coefficient (Wildman–Crippen LogP) is 1.92. The number of nitrogens with one attached hydrogen (secondary N) is 1. The van der Waals surface area contributed by atoms with Crippen molar-refractivity contribution >= 4 is 6.09 Å². The minimum absolute atomic E-state index is 0.261. The molecule has 1 fully saturated rings. The highest BCUT2D eigenvalue weighted by molar-refractivity contribution is 5.69. The average molecular weight is 293 g/mol. The van der Waals surface area contributed by atoms with Crippen LogP contribution >= 0.6 is 0 Å². The molecule has 0 saturated heterocycles. The summed E-state index contributed by atoms with van der Waals surface area (Å²) in [6.45, 7) is 5.38. The van der Waals surface area contributed by atoms with E-state index in [1.807, 2.05) is 30.3 Å². The Morgan fingerprint density at radius 2 is 1.71 bits per heavy atom. The first-order valence-electron chi connectivity index (χ1n) is 7.15. The first-order valence-corrected chi connectivity index (χ1v) is 7.15. The number of carbonyl (C=O) groups excluding carboxylic acids is 1. The van der Waals surface area contributed by atoms with Gasteiger partial charge >= 0.3 is 6.09 Å². The van der Waals surface area contributed by atoms with E-state index < -0.39 is 29.4 Å². The summed E-state index contributed by atoms with van der Waals surface area (Å²) in [7, 11) is 0. The summed E-state index contributed by atoms with van der Waals surface area (Å²) in [5.74, 6) is 0. The van der Waals surface area contributed by atoms with E-state index in [0.29, 0.717) is 0 Å². The smallest absolute Gasteiger partial charge is 0.408 e. The Labute approximate surface area is 124 Å². The minimum atomic E-state index is -0.861. The SMILES string of the molecule is CC(C)(C)OC(=O)N[C@@]1(c2ccccc2)C[C@@H](O)[C@@H](O)C1. The summed E-state index contributed by atoms with van der Waals surface area (Å²) < 4.78 is 5.30. The summed E-state index contributed by atoms with van der Waals surface area (Å²) in [6.07, 6.45) is -1.75.